The van der Waals surface area contributed by atoms with Crippen LogP contribution in [0.4, 0.5) is 0 Å². The largest absolute Gasteiger partial charge is 0.304 e. The van der Waals surface area contributed by atoms with Crippen LogP contribution in [0.5, 0.6) is 0 Å². The molecule has 3 nitrogen and oxygen atoms in total. The first-order chi connectivity index (χ1) is 7.66. The molecule has 86 valence electrons. The number of hydrogen-bond acceptors (Lipinski definition) is 5. The monoisotopic (exact) mass is 253 g/mol. The molecule has 1 unspecified atom stereocenters. The fourth-order valence-electron chi connectivity index (χ4n) is 1.62. The van der Waals surface area contributed by atoms with E-state index in [2.05, 4.69) is 34.5 Å². The Morgan fingerprint density at radius 3 is 2.81 bits per heavy atom. The van der Waals surface area contributed by atoms with Crippen LogP contribution in [0.3, 0.4) is 0 Å². The maximum absolute atomic E-state index is 4.44. The fraction of sp³-hybridized carbons (Fsp3) is 0.455. The van der Waals surface area contributed by atoms with E-state index < -0.39 is 0 Å². The molecule has 0 spiro atoms. The Morgan fingerprint density at radius 1 is 1.44 bits per heavy atom. The van der Waals surface area contributed by atoms with Crippen LogP contribution in [0.1, 0.15) is 34.2 Å². The SMILES string of the molecule is Cc1nc(C)c(C(C)NCc2cscn2)s1. The van der Waals surface area contributed by atoms with Crippen molar-refractivity contribution in [2.45, 2.75) is 33.4 Å². The van der Waals surface area contributed by atoms with Gasteiger partial charge in [0.25, 0.3) is 0 Å². The van der Waals surface area contributed by atoms with E-state index in [1.54, 1.807) is 22.7 Å². The summed E-state index contributed by atoms with van der Waals surface area (Å²) in [5.74, 6) is 0. The van der Waals surface area contributed by atoms with Crippen LogP contribution in [-0.4, -0.2) is 9.97 Å². The van der Waals surface area contributed by atoms with Crippen molar-refractivity contribution < 1.29 is 0 Å². The molecule has 0 saturated heterocycles. The number of aromatic nitrogens is 2. The standard InChI is InChI=1S/C11H15N3S2/c1-7(11-8(2)14-9(3)16-11)12-4-10-5-15-6-13-10/h5-7,12H,4H2,1-3H3. The molecule has 2 rings (SSSR count). The summed E-state index contributed by atoms with van der Waals surface area (Å²) in [4.78, 5) is 10.0. The number of thiazole rings is 2. The highest BCUT2D eigenvalue weighted by molar-refractivity contribution is 7.11. The molecule has 2 heterocycles. The van der Waals surface area contributed by atoms with Gasteiger partial charge in [0, 0.05) is 22.8 Å². The van der Waals surface area contributed by atoms with Gasteiger partial charge in [0.15, 0.2) is 0 Å². The maximum atomic E-state index is 4.44. The number of rotatable bonds is 4. The van der Waals surface area contributed by atoms with Crippen molar-refractivity contribution in [1.29, 1.82) is 0 Å². The lowest BCUT2D eigenvalue weighted by Crippen LogP contribution is -2.18. The predicted octanol–water partition coefficient (Wildman–Crippen LogP) is 3.07. The van der Waals surface area contributed by atoms with Gasteiger partial charge in [-0.3, -0.25) is 0 Å². The van der Waals surface area contributed by atoms with Crippen molar-refractivity contribution in [2.75, 3.05) is 0 Å². The summed E-state index contributed by atoms with van der Waals surface area (Å²) in [6, 6.07) is 0.341. The zero-order valence-electron chi connectivity index (χ0n) is 9.65. The first-order valence-electron chi connectivity index (χ1n) is 5.21. The highest BCUT2D eigenvalue weighted by Crippen LogP contribution is 2.24. The molecule has 1 atom stereocenters. The van der Waals surface area contributed by atoms with Gasteiger partial charge in [-0.1, -0.05) is 0 Å². The van der Waals surface area contributed by atoms with Crippen molar-refractivity contribution >= 4 is 22.7 Å². The molecule has 0 aromatic carbocycles. The third-order valence-electron chi connectivity index (χ3n) is 2.41. The van der Waals surface area contributed by atoms with E-state index >= 15 is 0 Å². The summed E-state index contributed by atoms with van der Waals surface area (Å²) in [6.07, 6.45) is 0. The summed E-state index contributed by atoms with van der Waals surface area (Å²) < 4.78 is 0. The second-order valence-corrected chi connectivity index (χ2v) is 5.72. The van der Waals surface area contributed by atoms with Crippen LogP contribution in [0, 0.1) is 13.8 Å². The van der Waals surface area contributed by atoms with Gasteiger partial charge in [0.2, 0.25) is 0 Å². The van der Waals surface area contributed by atoms with E-state index in [1.165, 1.54) is 4.88 Å². The van der Waals surface area contributed by atoms with E-state index in [9.17, 15) is 0 Å². The van der Waals surface area contributed by atoms with Gasteiger partial charge in [0.1, 0.15) is 0 Å². The third kappa shape index (κ3) is 2.66. The third-order valence-corrected chi connectivity index (χ3v) is 4.30. The molecule has 0 fully saturated rings. The van der Waals surface area contributed by atoms with Crippen molar-refractivity contribution in [3.63, 3.8) is 0 Å². The van der Waals surface area contributed by atoms with Crippen molar-refractivity contribution in [3.8, 4) is 0 Å². The Balaban J connectivity index is 1.98. The topological polar surface area (TPSA) is 37.8 Å². The second-order valence-electron chi connectivity index (χ2n) is 3.76. The lowest BCUT2D eigenvalue weighted by Gasteiger charge is -2.11. The highest BCUT2D eigenvalue weighted by Gasteiger charge is 2.12. The van der Waals surface area contributed by atoms with E-state index in [-0.39, 0.29) is 0 Å². The van der Waals surface area contributed by atoms with Crippen LogP contribution in [0.15, 0.2) is 10.9 Å². The minimum atomic E-state index is 0.341. The number of nitrogens with one attached hydrogen (secondary N) is 1. The van der Waals surface area contributed by atoms with Gasteiger partial charge in [0.05, 0.1) is 21.9 Å². The second kappa shape index (κ2) is 5.03. The first-order valence-corrected chi connectivity index (χ1v) is 6.97. The Hall–Kier alpha value is -0.780. The van der Waals surface area contributed by atoms with Gasteiger partial charge in [-0.05, 0) is 20.8 Å². The van der Waals surface area contributed by atoms with Crippen LogP contribution in [0.25, 0.3) is 0 Å². The van der Waals surface area contributed by atoms with E-state index in [4.69, 9.17) is 0 Å². The number of hydrogen-bond donors (Lipinski definition) is 1. The minimum Gasteiger partial charge on any atom is -0.304 e. The minimum absolute atomic E-state index is 0.341. The zero-order valence-corrected chi connectivity index (χ0v) is 11.3. The normalized spacial score (nSPS) is 12.9. The Kier molecular flexibility index (Phi) is 3.68. The Labute approximate surface area is 104 Å². The average Bonchev–Trinajstić information content (AvgIpc) is 2.84. The number of aryl methyl sites for hydroxylation is 2. The molecule has 0 aliphatic carbocycles. The molecule has 0 aliphatic rings. The van der Waals surface area contributed by atoms with Crippen LogP contribution in [-0.2, 0) is 6.54 Å². The fourth-order valence-corrected chi connectivity index (χ4v) is 3.14. The van der Waals surface area contributed by atoms with E-state index in [0.29, 0.717) is 6.04 Å². The highest BCUT2D eigenvalue weighted by atomic mass is 32.1. The van der Waals surface area contributed by atoms with Gasteiger partial charge >= 0.3 is 0 Å². The van der Waals surface area contributed by atoms with E-state index in [1.807, 2.05) is 12.4 Å². The van der Waals surface area contributed by atoms with Gasteiger partial charge < -0.3 is 5.32 Å². The Morgan fingerprint density at radius 2 is 2.25 bits per heavy atom. The first kappa shape index (κ1) is 11.7. The molecule has 2 aromatic rings. The molecule has 1 N–H and O–H groups in total. The van der Waals surface area contributed by atoms with Crippen LogP contribution in [0.2, 0.25) is 0 Å². The lowest BCUT2D eigenvalue weighted by atomic mass is 10.2. The number of nitrogens with zero attached hydrogens (tertiary/aromatic N) is 2. The van der Waals surface area contributed by atoms with Crippen molar-refractivity contribution in [3.05, 3.63) is 32.2 Å². The summed E-state index contributed by atoms with van der Waals surface area (Å²) in [6.45, 7) is 7.11. The molecular weight excluding hydrogens is 238 g/mol. The molecule has 2 aromatic heterocycles. The molecule has 0 aliphatic heterocycles. The molecule has 0 saturated carbocycles. The smallest absolute Gasteiger partial charge is 0.0900 e. The summed E-state index contributed by atoms with van der Waals surface area (Å²) in [5.41, 5.74) is 4.11. The van der Waals surface area contributed by atoms with Crippen molar-refractivity contribution in [1.82, 2.24) is 15.3 Å². The van der Waals surface area contributed by atoms with Crippen LogP contribution < -0.4 is 5.32 Å². The summed E-state index contributed by atoms with van der Waals surface area (Å²) in [5, 5.41) is 6.68. The van der Waals surface area contributed by atoms with Crippen LogP contribution >= 0.6 is 22.7 Å². The maximum Gasteiger partial charge on any atom is 0.0900 e. The molecular formula is C11H15N3S2. The quantitative estimate of drug-likeness (QED) is 0.910. The molecule has 0 radical (unpaired) electrons. The van der Waals surface area contributed by atoms with E-state index in [0.717, 1.165) is 22.9 Å². The molecule has 0 bridgehead atoms. The van der Waals surface area contributed by atoms with Gasteiger partial charge in [-0.15, -0.1) is 22.7 Å². The molecule has 16 heavy (non-hydrogen) atoms. The average molecular weight is 253 g/mol. The zero-order chi connectivity index (χ0) is 11.5. The lowest BCUT2D eigenvalue weighted by molar-refractivity contribution is 0.574. The van der Waals surface area contributed by atoms with Gasteiger partial charge in [-0.25, -0.2) is 9.97 Å². The molecule has 5 heteroatoms. The molecule has 0 amide bonds. The predicted molar refractivity (Wildman–Crippen MR) is 69.0 cm³/mol. The summed E-state index contributed by atoms with van der Waals surface area (Å²) >= 11 is 3.40. The van der Waals surface area contributed by atoms with Crippen molar-refractivity contribution in [2.24, 2.45) is 0 Å². The van der Waals surface area contributed by atoms with Gasteiger partial charge in [-0.2, -0.15) is 0 Å². The Bertz CT molecular complexity index is 448. The summed E-state index contributed by atoms with van der Waals surface area (Å²) in [7, 11) is 0.